The predicted molar refractivity (Wildman–Crippen MR) is 186 cm³/mol. The number of urea groups is 1. The topological polar surface area (TPSA) is 123 Å². The second kappa shape index (κ2) is 16.4. The molecule has 1 fully saturated rings. The molecular formula is C34H43ClF3N5O5S2. The molecule has 0 saturated carbocycles. The van der Waals surface area contributed by atoms with Crippen LogP contribution in [0.1, 0.15) is 49.5 Å². The van der Waals surface area contributed by atoms with Crippen molar-refractivity contribution in [1.82, 2.24) is 24.4 Å². The Balaban J connectivity index is 1.61. The first-order chi connectivity index (χ1) is 23.4. The third-order valence-electron chi connectivity index (χ3n) is 8.31. The molecule has 10 nitrogen and oxygen atoms in total. The van der Waals surface area contributed by atoms with E-state index in [0.717, 1.165) is 26.6 Å². The Labute approximate surface area is 300 Å². The first-order valence-electron chi connectivity index (χ1n) is 16.2. The fourth-order valence-corrected chi connectivity index (χ4v) is 8.66. The molecule has 16 heteroatoms. The average molecular weight is 758 g/mol. The number of rotatable bonds is 15. The number of nitrogens with zero attached hydrogens (tertiary/aromatic N) is 4. The van der Waals surface area contributed by atoms with E-state index in [2.05, 4.69) is 10.3 Å². The van der Waals surface area contributed by atoms with Crippen molar-refractivity contribution in [3.8, 4) is 0 Å². The molecule has 0 radical (unpaired) electrons. The molecule has 1 aliphatic heterocycles. The van der Waals surface area contributed by atoms with E-state index in [1.165, 1.54) is 16.2 Å². The maximum Gasteiger partial charge on any atom is 0.416 e. The fraction of sp³-hybridized carbons (Fsp3) is 0.500. The van der Waals surface area contributed by atoms with E-state index < -0.39 is 62.3 Å². The minimum Gasteiger partial charge on any atom is -0.390 e. The first-order valence-corrected chi connectivity index (χ1v) is 18.9. The predicted octanol–water partition coefficient (Wildman–Crippen LogP) is 5.82. The van der Waals surface area contributed by atoms with Crippen LogP contribution in [-0.2, 0) is 34.0 Å². The van der Waals surface area contributed by atoms with Crippen molar-refractivity contribution < 1.29 is 36.3 Å². The quantitative estimate of drug-likeness (QED) is 0.202. The molecule has 1 aliphatic rings. The molecule has 1 aromatic heterocycles. The molecule has 50 heavy (non-hydrogen) atoms. The standard InChI is InChI=1S/C34H43ClF3N5O5S2/c1-21(2)17-42(50(47,48)30-16-25(34(36,37)38)11-12-27(30)35)19-29(44)28(15-24-9-7-6-8-10-24)40-32(45)31(22(3)4)43-14-13-41(33(43)46)18-26-20-49-23(5)39-26/h6-12,16,20-22,28-29,31,44H,13-15,17-19H2,1-5H3,(H,40,45)/t28-,29-,31-/m0/s1. The van der Waals surface area contributed by atoms with Gasteiger partial charge in [0.25, 0.3) is 0 Å². The van der Waals surface area contributed by atoms with E-state index in [-0.39, 0.29) is 30.8 Å². The summed E-state index contributed by atoms with van der Waals surface area (Å²) in [4.78, 5) is 34.4. The minimum absolute atomic E-state index is 0.0989. The molecule has 0 spiro atoms. The van der Waals surface area contributed by atoms with E-state index in [0.29, 0.717) is 31.8 Å². The van der Waals surface area contributed by atoms with Gasteiger partial charge in [-0.25, -0.2) is 18.2 Å². The van der Waals surface area contributed by atoms with Crippen LogP contribution < -0.4 is 5.32 Å². The zero-order chi connectivity index (χ0) is 37.0. The molecule has 2 N–H and O–H groups in total. The monoisotopic (exact) mass is 757 g/mol. The van der Waals surface area contributed by atoms with Crippen LogP contribution in [0.25, 0.3) is 0 Å². The SMILES string of the molecule is Cc1nc(CN2CCN([C@H](C(=O)N[C@@H](Cc3ccccc3)[C@@H](O)CN(CC(C)C)S(=O)(=O)c3cc(C(F)(F)F)ccc3Cl)C(C)C)C2=O)cs1. The summed E-state index contributed by atoms with van der Waals surface area (Å²) in [6, 6.07) is 8.74. The van der Waals surface area contributed by atoms with Gasteiger partial charge in [-0.3, -0.25) is 4.79 Å². The van der Waals surface area contributed by atoms with Crippen LogP contribution in [0.3, 0.4) is 0 Å². The number of amides is 3. The highest BCUT2D eigenvalue weighted by atomic mass is 35.5. The molecule has 274 valence electrons. The summed E-state index contributed by atoms with van der Waals surface area (Å²) in [5.41, 5.74) is 0.307. The van der Waals surface area contributed by atoms with E-state index in [1.807, 2.05) is 26.2 Å². The zero-order valence-corrected chi connectivity index (χ0v) is 30.9. The van der Waals surface area contributed by atoms with Crippen LogP contribution in [0.4, 0.5) is 18.0 Å². The van der Waals surface area contributed by atoms with Gasteiger partial charge in [0.1, 0.15) is 10.9 Å². The molecule has 3 atom stereocenters. The smallest absolute Gasteiger partial charge is 0.390 e. The van der Waals surface area contributed by atoms with Gasteiger partial charge in [0.2, 0.25) is 15.9 Å². The maximum atomic E-state index is 14.0. The molecule has 0 unspecified atom stereocenters. The normalized spacial score (nSPS) is 16.1. The largest absolute Gasteiger partial charge is 0.416 e. The van der Waals surface area contributed by atoms with Crippen LogP contribution in [0.5, 0.6) is 0 Å². The minimum atomic E-state index is -4.82. The number of aliphatic hydroxyl groups is 1. The van der Waals surface area contributed by atoms with E-state index in [9.17, 15) is 36.3 Å². The Morgan fingerprint density at radius 3 is 2.36 bits per heavy atom. The van der Waals surface area contributed by atoms with Crippen molar-refractivity contribution in [3.05, 3.63) is 80.8 Å². The number of alkyl halides is 3. The van der Waals surface area contributed by atoms with Gasteiger partial charge in [0, 0.05) is 31.6 Å². The average Bonchev–Trinajstić information content (AvgIpc) is 3.60. The summed E-state index contributed by atoms with van der Waals surface area (Å²) in [5, 5.41) is 16.9. The molecule has 2 aromatic carbocycles. The molecule has 2 heterocycles. The van der Waals surface area contributed by atoms with Crippen molar-refractivity contribution in [2.45, 2.75) is 76.8 Å². The number of aryl methyl sites for hydroxylation is 1. The number of sulfonamides is 1. The summed E-state index contributed by atoms with van der Waals surface area (Å²) < 4.78 is 69.4. The highest BCUT2D eigenvalue weighted by Gasteiger charge is 2.41. The Morgan fingerprint density at radius 2 is 1.78 bits per heavy atom. The second-order valence-electron chi connectivity index (χ2n) is 13.2. The van der Waals surface area contributed by atoms with Crippen LogP contribution in [-0.4, -0.2) is 88.9 Å². The van der Waals surface area contributed by atoms with Gasteiger partial charge in [-0.15, -0.1) is 11.3 Å². The van der Waals surface area contributed by atoms with Crippen molar-refractivity contribution in [2.75, 3.05) is 26.2 Å². The van der Waals surface area contributed by atoms with Crippen LogP contribution in [0, 0.1) is 18.8 Å². The molecule has 3 aromatic rings. The number of aromatic nitrogens is 1. The lowest BCUT2D eigenvalue weighted by Crippen LogP contribution is -2.57. The first kappa shape index (κ1) is 39.5. The van der Waals surface area contributed by atoms with Crippen molar-refractivity contribution in [2.24, 2.45) is 11.8 Å². The molecule has 1 saturated heterocycles. The van der Waals surface area contributed by atoms with Crippen LogP contribution in [0.2, 0.25) is 5.02 Å². The Bertz CT molecular complexity index is 1740. The summed E-state index contributed by atoms with van der Waals surface area (Å²) in [6.07, 6.45) is -6.23. The lowest BCUT2D eigenvalue weighted by Gasteiger charge is -2.34. The number of thiazole rings is 1. The van der Waals surface area contributed by atoms with E-state index >= 15 is 0 Å². The number of halogens is 4. The van der Waals surface area contributed by atoms with E-state index in [4.69, 9.17) is 11.6 Å². The number of nitrogens with one attached hydrogen (secondary N) is 1. The number of carbonyl (C=O) groups is 2. The Morgan fingerprint density at radius 1 is 1.10 bits per heavy atom. The molecule has 4 rings (SSSR count). The summed E-state index contributed by atoms with van der Waals surface area (Å²) in [7, 11) is -4.65. The third kappa shape index (κ3) is 9.75. The van der Waals surface area contributed by atoms with Crippen molar-refractivity contribution in [3.63, 3.8) is 0 Å². The Kier molecular flexibility index (Phi) is 13.0. The second-order valence-corrected chi connectivity index (χ2v) is 16.6. The van der Waals surface area contributed by atoms with Gasteiger partial charge in [-0.2, -0.15) is 17.5 Å². The number of benzene rings is 2. The summed E-state index contributed by atoms with van der Waals surface area (Å²) >= 11 is 7.63. The van der Waals surface area contributed by atoms with Crippen LogP contribution >= 0.6 is 22.9 Å². The number of hydrogen-bond acceptors (Lipinski definition) is 7. The van der Waals surface area contributed by atoms with Crippen LogP contribution in [0.15, 0.2) is 58.8 Å². The number of hydrogen-bond donors (Lipinski definition) is 2. The van der Waals surface area contributed by atoms with Gasteiger partial charge in [0.15, 0.2) is 0 Å². The van der Waals surface area contributed by atoms with Gasteiger partial charge < -0.3 is 20.2 Å². The Hall–Kier alpha value is -3.24. The van der Waals surface area contributed by atoms with Crippen molar-refractivity contribution >= 4 is 44.9 Å². The van der Waals surface area contributed by atoms with Gasteiger partial charge >= 0.3 is 12.2 Å². The van der Waals surface area contributed by atoms with Crippen molar-refractivity contribution in [1.29, 1.82) is 0 Å². The fourth-order valence-electron chi connectivity index (χ4n) is 5.94. The zero-order valence-electron chi connectivity index (χ0n) is 28.5. The molecule has 0 bridgehead atoms. The lowest BCUT2D eigenvalue weighted by atomic mass is 9.97. The maximum absolute atomic E-state index is 14.0. The van der Waals surface area contributed by atoms with Gasteiger partial charge in [0.05, 0.1) is 40.0 Å². The number of carbonyl (C=O) groups excluding carboxylic acids is 2. The summed E-state index contributed by atoms with van der Waals surface area (Å²) in [6.45, 7) is 9.23. The number of aliphatic hydroxyl groups excluding tert-OH is 1. The molecule has 3 amide bonds. The third-order valence-corrected chi connectivity index (χ3v) is 11.4. The van der Waals surface area contributed by atoms with Gasteiger partial charge in [-0.05, 0) is 48.9 Å². The molecule has 0 aliphatic carbocycles. The molecular weight excluding hydrogens is 715 g/mol. The lowest BCUT2D eigenvalue weighted by molar-refractivity contribution is -0.137. The van der Waals surface area contributed by atoms with E-state index in [1.54, 1.807) is 49.1 Å². The highest BCUT2D eigenvalue weighted by molar-refractivity contribution is 7.89. The summed E-state index contributed by atoms with van der Waals surface area (Å²) in [5.74, 6) is -1.14. The van der Waals surface area contributed by atoms with Gasteiger partial charge in [-0.1, -0.05) is 69.6 Å². The highest BCUT2D eigenvalue weighted by Crippen LogP contribution is 2.35.